The Morgan fingerprint density at radius 2 is 1.38 bits per heavy atom. The van der Waals surface area contributed by atoms with E-state index in [-0.39, 0.29) is 11.5 Å². The highest BCUT2D eigenvalue weighted by Gasteiger charge is 2.10. The number of amides is 1. The zero-order chi connectivity index (χ0) is 20.8. The average Bonchev–Trinajstić information content (AvgIpc) is 2.69. The minimum absolute atomic E-state index is 0.0196. The van der Waals surface area contributed by atoms with E-state index >= 15 is 0 Å². The molecule has 8 heteroatoms. The van der Waals surface area contributed by atoms with Crippen LogP contribution in [0.25, 0.3) is 11.1 Å². The van der Waals surface area contributed by atoms with Gasteiger partial charge in [-0.25, -0.2) is 0 Å². The van der Waals surface area contributed by atoms with Crippen LogP contribution in [0.3, 0.4) is 0 Å². The molecule has 0 atom stereocenters. The van der Waals surface area contributed by atoms with Crippen molar-refractivity contribution >= 4 is 11.6 Å². The topological polar surface area (TPSA) is 47.6 Å². The lowest BCUT2D eigenvalue weighted by molar-refractivity contribution is -0.0505. The molecule has 0 spiro atoms. The Balaban J connectivity index is 1.70. The average molecular weight is 404 g/mol. The van der Waals surface area contributed by atoms with Crippen LogP contribution in [0.15, 0.2) is 66.7 Å². The highest BCUT2D eigenvalue weighted by atomic mass is 19.3. The van der Waals surface area contributed by atoms with Crippen LogP contribution in [0.1, 0.15) is 10.4 Å². The van der Waals surface area contributed by atoms with Crippen molar-refractivity contribution < 1.29 is 31.8 Å². The minimum Gasteiger partial charge on any atom is -0.435 e. The molecular weight excluding hydrogens is 390 g/mol. The molecule has 0 fully saturated rings. The predicted octanol–water partition coefficient (Wildman–Crippen LogP) is 5.61. The fraction of sp³-hybridized carbons (Fsp3) is 0.0952. The highest BCUT2D eigenvalue weighted by Crippen LogP contribution is 2.24. The summed E-state index contributed by atoms with van der Waals surface area (Å²) in [4.78, 5) is 12.5. The van der Waals surface area contributed by atoms with E-state index in [9.17, 15) is 22.4 Å². The molecule has 3 rings (SSSR count). The van der Waals surface area contributed by atoms with Crippen LogP contribution < -0.4 is 14.8 Å². The first-order valence-corrected chi connectivity index (χ1v) is 8.34. The SMILES string of the molecule is O=C(Nc1ccc(OC(F)F)cc1)c1cc[c]c(-c2ccc(OC(F)F)cc2)c1. The number of hydrogen-bond donors (Lipinski definition) is 1. The molecule has 0 heterocycles. The molecule has 3 aromatic rings. The molecule has 1 amide bonds. The van der Waals surface area contributed by atoms with E-state index < -0.39 is 19.1 Å². The van der Waals surface area contributed by atoms with Gasteiger partial charge in [0.1, 0.15) is 11.5 Å². The predicted molar refractivity (Wildman–Crippen MR) is 98.4 cm³/mol. The first kappa shape index (κ1) is 20.2. The Morgan fingerprint density at radius 3 is 1.93 bits per heavy atom. The van der Waals surface area contributed by atoms with Gasteiger partial charge in [-0.3, -0.25) is 4.79 Å². The molecule has 1 radical (unpaired) electrons. The molecule has 0 saturated heterocycles. The van der Waals surface area contributed by atoms with Gasteiger partial charge in [0.15, 0.2) is 0 Å². The summed E-state index contributed by atoms with van der Waals surface area (Å²) in [7, 11) is 0. The summed E-state index contributed by atoms with van der Waals surface area (Å²) in [5.41, 5.74) is 1.98. The van der Waals surface area contributed by atoms with Crippen molar-refractivity contribution in [3.63, 3.8) is 0 Å². The van der Waals surface area contributed by atoms with Crippen molar-refractivity contribution in [3.05, 3.63) is 78.4 Å². The van der Waals surface area contributed by atoms with E-state index in [2.05, 4.69) is 20.9 Å². The summed E-state index contributed by atoms with van der Waals surface area (Å²) >= 11 is 0. The Labute approximate surface area is 163 Å². The zero-order valence-corrected chi connectivity index (χ0v) is 14.7. The fourth-order valence-corrected chi connectivity index (χ4v) is 2.51. The maximum Gasteiger partial charge on any atom is 0.387 e. The van der Waals surface area contributed by atoms with E-state index in [4.69, 9.17) is 0 Å². The number of ether oxygens (including phenoxy) is 2. The number of nitrogens with one attached hydrogen (secondary N) is 1. The van der Waals surface area contributed by atoms with Crippen LogP contribution in [0.2, 0.25) is 0 Å². The normalized spacial score (nSPS) is 10.8. The maximum atomic E-state index is 12.5. The van der Waals surface area contributed by atoms with Crippen LogP contribution in [0.4, 0.5) is 23.2 Å². The quantitative estimate of drug-likeness (QED) is 0.521. The smallest absolute Gasteiger partial charge is 0.387 e. The van der Waals surface area contributed by atoms with Gasteiger partial charge in [0, 0.05) is 11.3 Å². The number of hydrogen-bond acceptors (Lipinski definition) is 3. The van der Waals surface area contributed by atoms with Crippen LogP contribution in [-0.4, -0.2) is 19.1 Å². The summed E-state index contributed by atoms with van der Waals surface area (Å²) in [5.74, 6) is -0.411. The van der Waals surface area contributed by atoms with Gasteiger partial charge in [0.25, 0.3) is 5.91 Å². The molecule has 0 aromatic heterocycles. The van der Waals surface area contributed by atoms with E-state index in [1.54, 1.807) is 30.3 Å². The number of rotatable bonds is 7. The van der Waals surface area contributed by atoms with Gasteiger partial charge >= 0.3 is 13.2 Å². The molecule has 0 bridgehead atoms. The van der Waals surface area contributed by atoms with Gasteiger partial charge in [0.05, 0.1) is 0 Å². The van der Waals surface area contributed by atoms with E-state index in [1.807, 2.05) is 0 Å². The number of benzene rings is 3. The minimum atomic E-state index is -2.93. The Hall–Kier alpha value is -3.55. The third-order valence-electron chi connectivity index (χ3n) is 3.79. The van der Waals surface area contributed by atoms with E-state index in [1.165, 1.54) is 36.4 Å². The molecule has 1 N–H and O–H groups in total. The van der Waals surface area contributed by atoms with Gasteiger partial charge in [-0.2, -0.15) is 17.6 Å². The highest BCUT2D eigenvalue weighted by molar-refractivity contribution is 6.04. The number of carbonyl (C=O) groups excluding carboxylic acids is 1. The van der Waals surface area contributed by atoms with Crippen molar-refractivity contribution in [1.29, 1.82) is 0 Å². The molecule has 4 nitrogen and oxygen atoms in total. The van der Waals surface area contributed by atoms with Crippen molar-refractivity contribution in [2.45, 2.75) is 13.2 Å². The second-order valence-corrected chi connectivity index (χ2v) is 5.75. The summed E-state index contributed by atoms with van der Waals surface area (Å²) in [6.07, 6.45) is 0. The van der Waals surface area contributed by atoms with Crippen molar-refractivity contribution in [2.24, 2.45) is 0 Å². The standard InChI is InChI=1S/C21H14F4NO3/c22-20(23)28-17-8-4-13(5-9-17)14-2-1-3-15(12-14)19(27)26-16-6-10-18(11-7-16)29-21(24)25/h1,3-12,20-21H,(H,26,27). The molecule has 0 aliphatic heterocycles. The lowest BCUT2D eigenvalue weighted by Crippen LogP contribution is -2.12. The largest absolute Gasteiger partial charge is 0.435 e. The lowest BCUT2D eigenvalue weighted by Gasteiger charge is -2.09. The third-order valence-corrected chi connectivity index (χ3v) is 3.79. The van der Waals surface area contributed by atoms with Gasteiger partial charge in [0.2, 0.25) is 0 Å². The first-order valence-electron chi connectivity index (χ1n) is 8.34. The molecule has 0 aliphatic rings. The van der Waals surface area contributed by atoms with Crippen LogP contribution in [0.5, 0.6) is 11.5 Å². The van der Waals surface area contributed by atoms with Crippen LogP contribution in [-0.2, 0) is 0 Å². The van der Waals surface area contributed by atoms with E-state index in [0.717, 1.165) is 0 Å². The Kier molecular flexibility index (Phi) is 6.33. The van der Waals surface area contributed by atoms with Crippen LogP contribution in [0, 0.1) is 6.07 Å². The summed E-state index contributed by atoms with van der Waals surface area (Å²) < 4.78 is 57.4. The van der Waals surface area contributed by atoms with Gasteiger partial charge in [-0.05, 0) is 65.7 Å². The van der Waals surface area contributed by atoms with Crippen molar-refractivity contribution in [2.75, 3.05) is 5.32 Å². The fourth-order valence-electron chi connectivity index (χ4n) is 2.51. The lowest BCUT2D eigenvalue weighted by atomic mass is 10.0. The summed E-state index contributed by atoms with van der Waals surface area (Å²) in [6, 6.07) is 19.1. The molecule has 3 aromatic carbocycles. The zero-order valence-electron chi connectivity index (χ0n) is 14.7. The van der Waals surface area contributed by atoms with E-state index in [0.29, 0.717) is 22.4 Å². The van der Waals surface area contributed by atoms with Gasteiger partial charge in [-0.15, -0.1) is 0 Å². The number of anilines is 1. The van der Waals surface area contributed by atoms with Gasteiger partial charge < -0.3 is 14.8 Å². The Morgan fingerprint density at radius 1 is 0.828 bits per heavy atom. The molecule has 0 saturated carbocycles. The monoisotopic (exact) mass is 404 g/mol. The summed E-state index contributed by atoms with van der Waals surface area (Å²) in [6.45, 7) is -5.83. The molecule has 29 heavy (non-hydrogen) atoms. The first-order chi connectivity index (χ1) is 13.9. The molecule has 149 valence electrons. The van der Waals surface area contributed by atoms with Crippen molar-refractivity contribution in [1.82, 2.24) is 0 Å². The second-order valence-electron chi connectivity index (χ2n) is 5.75. The maximum absolute atomic E-state index is 12.5. The van der Waals surface area contributed by atoms with Crippen molar-refractivity contribution in [3.8, 4) is 22.6 Å². The number of alkyl halides is 4. The molecule has 0 unspecified atom stereocenters. The molecular formula is C21H14F4NO3. The molecule has 0 aliphatic carbocycles. The number of carbonyl (C=O) groups is 1. The third kappa shape index (κ3) is 5.71. The van der Waals surface area contributed by atoms with Crippen LogP contribution >= 0.6 is 0 Å². The Bertz CT molecular complexity index is 960. The second kappa shape index (κ2) is 9.09. The number of halogens is 4. The van der Waals surface area contributed by atoms with Gasteiger partial charge in [-0.1, -0.05) is 18.2 Å². The summed E-state index contributed by atoms with van der Waals surface area (Å²) in [5, 5.41) is 2.65.